The smallest absolute Gasteiger partial charge is 0.232 e. The van der Waals surface area contributed by atoms with Crippen molar-refractivity contribution in [2.24, 2.45) is 0 Å². The van der Waals surface area contributed by atoms with Crippen molar-refractivity contribution in [2.75, 3.05) is 30.8 Å². The van der Waals surface area contributed by atoms with Crippen LogP contribution in [-0.2, 0) is 14.8 Å². The summed E-state index contributed by atoms with van der Waals surface area (Å²) in [6, 6.07) is 14.2. The maximum absolute atomic E-state index is 12.3. The molecule has 2 rings (SSSR count). The van der Waals surface area contributed by atoms with Crippen LogP contribution >= 0.6 is 0 Å². The third kappa shape index (κ3) is 6.95. The summed E-state index contributed by atoms with van der Waals surface area (Å²) in [4.78, 5) is 12.3. The summed E-state index contributed by atoms with van der Waals surface area (Å²) < 4.78 is 36.3. The topological polar surface area (TPSA) is 84.9 Å². The summed E-state index contributed by atoms with van der Waals surface area (Å²) in [7, 11) is -1.86. The van der Waals surface area contributed by atoms with Crippen LogP contribution in [0.1, 0.15) is 38.3 Å². The van der Waals surface area contributed by atoms with Gasteiger partial charge in [-0.25, -0.2) is 8.42 Å². The molecule has 0 unspecified atom stereocenters. The van der Waals surface area contributed by atoms with Crippen molar-refractivity contribution in [3.05, 3.63) is 54.1 Å². The molecule has 0 aliphatic rings. The number of rotatable bonds is 11. The summed E-state index contributed by atoms with van der Waals surface area (Å²) in [5, 5.41) is 2.94. The molecule has 0 spiro atoms. The minimum absolute atomic E-state index is 0.126. The second kappa shape index (κ2) is 10.9. The minimum Gasteiger partial charge on any atom is -0.497 e. The third-order valence-corrected chi connectivity index (χ3v) is 5.79. The van der Waals surface area contributed by atoms with Crippen molar-refractivity contribution in [1.82, 2.24) is 5.32 Å². The molecule has 1 amide bonds. The third-order valence-electron chi connectivity index (χ3n) is 4.59. The van der Waals surface area contributed by atoms with Crippen LogP contribution in [0, 0.1) is 0 Å². The van der Waals surface area contributed by atoms with Gasteiger partial charge in [0.2, 0.25) is 15.9 Å². The summed E-state index contributed by atoms with van der Waals surface area (Å²) in [6.45, 7) is 4.55. The normalized spacial score (nSPS) is 12.1. The van der Waals surface area contributed by atoms with Gasteiger partial charge in [0.1, 0.15) is 11.5 Å². The van der Waals surface area contributed by atoms with Gasteiger partial charge in [0.25, 0.3) is 0 Å². The van der Waals surface area contributed by atoms with Crippen LogP contribution in [0.25, 0.3) is 0 Å². The van der Waals surface area contributed by atoms with Gasteiger partial charge in [-0.15, -0.1) is 0 Å². The van der Waals surface area contributed by atoms with Gasteiger partial charge < -0.3 is 14.8 Å². The van der Waals surface area contributed by atoms with Gasteiger partial charge >= 0.3 is 0 Å². The SMILES string of the molecule is CCOc1ccc(N(CCCC(=O)N[C@@H](C)c2ccc(OC)cc2)S(C)(=O)=O)cc1. The molecule has 2 aromatic carbocycles. The van der Waals surface area contributed by atoms with Crippen LogP contribution in [0.15, 0.2) is 48.5 Å². The molecule has 1 atom stereocenters. The molecular formula is C22H30N2O5S. The number of methoxy groups -OCH3 is 1. The number of hydrogen-bond acceptors (Lipinski definition) is 5. The molecule has 1 N–H and O–H groups in total. The fraction of sp³-hybridized carbons (Fsp3) is 0.409. The number of sulfonamides is 1. The number of benzene rings is 2. The molecule has 0 aliphatic carbocycles. The van der Waals surface area contributed by atoms with E-state index >= 15 is 0 Å². The van der Waals surface area contributed by atoms with Crippen molar-refractivity contribution >= 4 is 21.6 Å². The van der Waals surface area contributed by atoms with Gasteiger partial charge in [0.15, 0.2) is 0 Å². The maximum atomic E-state index is 12.3. The van der Waals surface area contributed by atoms with Crippen molar-refractivity contribution < 1.29 is 22.7 Å². The van der Waals surface area contributed by atoms with Crippen LogP contribution in [0.4, 0.5) is 5.69 Å². The first kappa shape index (κ1) is 23.5. The number of amides is 1. The summed E-state index contributed by atoms with van der Waals surface area (Å²) in [5.74, 6) is 1.31. The van der Waals surface area contributed by atoms with E-state index in [1.807, 2.05) is 38.1 Å². The number of nitrogens with zero attached hydrogens (tertiary/aromatic N) is 1. The molecule has 164 valence electrons. The number of nitrogens with one attached hydrogen (secondary N) is 1. The predicted molar refractivity (Wildman–Crippen MR) is 119 cm³/mol. The van der Waals surface area contributed by atoms with E-state index in [2.05, 4.69) is 5.32 Å². The number of ether oxygens (including phenoxy) is 2. The molecule has 0 aromatic heterocycles. The van der Waals surface area contributed by atoms with Crippen molar-refractivity contribution in [3.63, 3.8) is 0 Å². The first-order chi connectivity index (χ1) is 14.2. The largest absolute Gasteiger partial charge is 0.497 e. The van der Waals surface area contributed by atoms with Gasteiger partial charge in [0.05, 0.1) is 31.7 Å². The van der Waals surface area contributed by atoms with E-state index in [1.54, 1.807) is 31.4 Å². The van der Waals surface area contributed by atoms with Gasteiger partial charge in [-0.05, 0) is 62.2 Å². The van der Waals surface area contributed by atoms with E-state index in [1.165, 1.54) is 4.31 Å². The minimum atomic E-state index is -3.46. The lowest BCUT2D eigenvalue weighted by Gasteiger charge is -2.23. The summed E-state index contributed by atoms with van der Waals surface area (Å²) in [5.41, 5.74) is 1.52. The average Bonchev–Trinajstić information content (AvgIpc) is 2.71. The Hall–Kier alpha value is -2.74. The molecule has 0 heterocycles. The zero-order valence-electron chi connectivity index (χ0n) is 17.9. The molecule has 0 saturated heterocycles. The molecule has 0 bridgehead atoms. The number of carbonyl (C=O) groups excluding carboxylic acids is 1. The molecule has 0 saturated carbocycles. The zero-order chi connectivity index (χ0) is 22.1. The molecular weight excluding hydrogens is 404 g/mol. The number of hydrogen-bond donors (Lipinski definition) is 1. The first-order valence-corrected chi connectivity index (χ1v) is 11.7. The van der Waals surface area contributed by atoms with E-state index < -0.39 is 10.0 Å². The monoisotopic (exact) mass is 434 g/mol. The maximum Gasteiger partial charge on any atom is 0.232 e. The zero-order valence-corrected chi connectivity index (χ0v) is 18.7. The molecule has 7 nitrogen and oxygen atoms in total. The standard InChI is InChI=1S/C22H30N2O5S/c1-5-29-21-14-10-19(11-15-21)24(30(4,26)27)16-6-7-22(25)23-17(2)18-8-12-20(28-3)13-9-18/h8-15,17H,5-7,16H2,1-4H3,(H,23,25)/t17-/m0/s1. The Morgan fingerprint density at radius 2 is 1.67 bits per heavy atom. The number of anilines is 1. The van der Waals surface area contributed by atoms with Gasteiger partial charge in [0, 0.05) is 13.0 Å². The lowest BCUT2D eigenvalue weighted by Crippen LogP contribution is -2.32. The fourth-order valence-corrected chi connectivity index (χ4v) is 4.00. The summed E-state index contributed by atoms with van der Waals surface area (Å²) >= 11 is 0. The van der Waals surface area contributed by atoms with Crippen LogP contribution < -0.4 is 19.1 Å². The van der Waals surface area contributed by atoms with Gasteiger partial charge in [-0.3, -0.25) is 9.10 Å². The Labute approximate surface area is 179 Å². The van der Waals surface area contributed by atoms with Crippen LogP contribution in [0.5, 0.6) is 11.5 Å². The Kier molecular flexibility index (Phi) is 8.53. The van der Waals surface area contributed by atoms with Crippen LogP contribution in [0.3, 0.4) is 0 Å². The average molecular weight is 435 g/mol. The van der Waals surface area contributed by atoms with E-state index in [0.717, 1.165) is 17.6 Å². The lowest BCUT2D eigenvalue weighted by molar-refractivity contribution is -0.121. The Morgan fingerprint density at radius 3 is 2.20 bits per heavy atom. The van der Waals surface area contributed by atoms with E-state index in [9.17, 15) is 13.2 Å². The van der Waals surface area contributed by atoms with Crippen LogP contribution in [0.2, 0.25) is 0 Å². The molecule has 0 aliphatic heterocycles. The predicted octanol–water partition coefficient (Wildman–Crippen LogP) is 3.52. The Bertz CT molecular complexity index is 912. The highest BCUT2D eigenvalue weighted by molar-refractivity contribution is 7.92. The van der Waals surface area contributed by atoms with E-state index in [0.29, 0.717) is 24.5 Å². The van der Waals surface area contributed by atoms with Gasteiger partial charge in [-0.2, -0.15) is 0 Å². The van der Waals surface area contributed by atoms with E-state index in [-0.39, 0.29) is 24.9 Å². The highest BCUT2D eigenvalue weighted by Crippen LogP contribution is 2.22. The van der Waals surface area contributed by atoms with Crippen molar-refractivity contribution in [2.45, 2.75) is 32.7 Å². The molecule has 0 fully saturated rings. The highest BCUT2D eigenvalue weighted by Gasteiger charge is 2.18. The number of carbonyl (C=O) groups is 1. The molecule has 30 heavy (non-hydrogen) atoms. The molecule has 8 heteroatoms. The van der Waals surface area contributed by atoms with Crippen molar-refractivity contribution in [3.8, 4) is 11.5 Å². The quantitative estimate of drug-likeness (QED) is 0.585. The Morgan fingerprint density at radius 1 is 1.07 bits per heavy atom. The van der Waals surface area contributed by atoms with E-state index in [4.69, 9.17) is 9.47 Å². The second-order valence-corrected chi connectivity index (χ2v) is 8.83. The van der Waals surface area contributed by atoms with Crippen molar-refractivity contribution in [1.29, 1.82) is 0 Å². The second-order valence-electron chi connectivity index (χ2n) is 6.93. The fourth-order valence-electron chi connectivity index (χ4n) is 3.03. The Balaban J connectivity index is 1.91. The van der Waals surface area contributed by atoms with Crippen LogP contribution in [-0.4, -0.2) is 40.8 Å². The first-order valence-electron chi connectivity index (χ1n) is 9.88. The lowest BCUT2D eigenvalue weighted by atomic mass is 10.1. The molecule has 0 radical (unpaired) electrons. The highest BCUT2D eigenvalue weighted by atomic mass is 32.2. The summed E-state index contributed by atoms with van der Waals surface area (Å²) in [6.07, 6.45) is 1.79. The van der Waals surface area contributed by atoms with Gasteiger partial charge in [-0.1, -0.05) is 12.1 Å². The molecule has 2 aromatic rings.